The monoisotopic (exact) mass is 877 g/mol. The van der Waals surface area contributed by atoms with E-state index >= 15 is 0 Å². The summed E-state index contributed by atoms with van der Waals surface area (Å²) in [4.78, 5) is 38.0. The van der Waals surface area contributed by atoms with Crippen molar-refractivity contribution in [3.8, 4) is 0 Å². The van der Waals surface area contributed by atoms with Gasteiger partial charge < -0.3 is 14.2 Å². The highest BCUT2D eigenvalue weighted by Gasteiger charge is 2.19. The molecule has 6 nitrogen and oxygen atoms in total. The van der Waals surface area contributed by atoms with Crippen molar-refractivity contribution in [2.24, 2.45) is 0 Å². The third-order valence-corrected chi connectivity index (χ3v) is 12.9. The van der Waals surface area contributed by atoms with Crippen LogP contribution in [0.25, 0.3) is 0 Å². The fourth-order valence-corrected chi connectivity index (χ4v) is 8.62. The van der Waals surface area contributed by atoms with Crippen LogP contribution in [0.4, 0.5) is 0 Å². The van der Waals surface area contributed by atoms with E-state index in [1.807, 2.05) is 0 Å². The van der Waals surface area contributed by atoms with Crippen LogP contribution in [0.2, 0.25) is 0 Å². The van der Waals surface area contributed by atoms with Gasteiger partial charge in [0.15, 0.2) is 6.10 Å². The maximum atomic E-state index is 12.8. The Hall–Kier alpha value is -1.59. The molecule has 0 aliphatic heterocycles. The Kier molecular flexibility index (Phi) is 50.7. The van der Waals surface area contributed by atoms with E-state index in [9.17, 15) is 14.4 Å². The lowest BCUT2D eigenvalue weighted by molar-refractivity contribution is -0.167. The molecule has 0 bridgehead atoms. The molecular formula is C56H108O6. The van der Waals surface area contributed by atoms with Crippen LogP contribution in [0.15, 0.2) is 0 Å². The molecule has 0 N–H and O–H groups in total. The lowest BCUT2D eigenvalue weighted by atomic mass is 10.0. The summed E-state index contributed by atoms with van der Waals surface area (Å²) < 4.78 is 16.8. The Morgan fingerprint density at radius 1 is 0.258 bits per heavy atom. The average molecular weight is 877 g/mol. The Morgan fingerprint density at radius 3 is 0.645 bits per heavy atom. The van der Waals surface area contributed by atoms with Crippen LogP contribution >= 0.6 is 0 Å². The van der Waals surface area contributed by atoms with E-state index in [-0.39, 0.29) is 31.1 Å². The van der Waals surface area contributed by atoms with Crippen molar-refractivity contribution in [2.45, 2.75) is 329 Å². The number of unbranched alkanes of at least 4 members (excludes halogenated alkanes) is 41. The van der Waals surface area contributed by atoms with Crippen LogP contribution in [0, 0.1) is 0 Å². The number of hydrogen-bond donors (Lipinski definition) is 0. The summed E-state index contributed by atoms with van der Waals surface area (Å²) in [5, 5.41) is 0. The van der Waals surface area contributed by atoms with Crippen molar-refractivity contribution in [2.75, 3.05) is 13.2 Å². The average Bonchev–Trinajstić information content (AvgIpc) is 3.27. The molecule has 1 unspecified atom stereocenters. The van der Waals surface area contributed by atoms with Gasteiger partial charge in [0.25, 0.3) is 0 Å². The van der Waals surface area contributed by atoms with E-state index in [1.54, 1.807) is 0 Å². The number of rotatable bonds is 52. The van der Waals surface area contributed by atoms with Crippen molar-refractivity contribution in [1.29, 1.82) is 0 Å². The van der Waals surface area contributed by atoms with E-state index in [4.69, 9.17) is 14.2 Å². The van der Waals surface area contributed by atoms with Crippen molar-refractivity contribution in [1.82, 2.24) is 0 Å². The third-order valence-electron chi connectivity index (χ3n) is 12.9. The number of hydrogen-bond acceptors (Lipinski definition) is 6. The Morgan fingerprint density at radius 2 is 0.435 bits per heavy atom. The van der Waals surface area contributed by atoms with Crippen LogP contribution in [0.3, 0.4) is 0 Å². The smallest absolute Gasteiger partial charge is 0.306 e. The first kappa shape index (κ1) is 60.4. The molecule has 0 spiro atoms. The molecule has 0 rings (SSSR count). The highest BCUT2D eigenvalue weighted by Crippen LogP contribution is 2.17. The number of ether oxygens (including phenoxy) is 3. The van der Waals surface area contributed by atoms with Gasteiger partial charge >= 0.3 is 17.9 Å². The third kappa shape index (κ3) is 49.4. The molecule has 0 radical (unpaired) electrons. The van der Waals surface area contributed by atoms with Crippen LogP contribution in [-0.4, -0.2) is 37.2 Å². The van der Waals surface area contributed by atoms with Gasteiger partial charge in [0, 0.05) is 19.3 Å². The molecule has 368 valence electrons. The second-order valence-corrected chi connectivity index (χ2v) is 19.2. The predicted octanol–water partition coefficient (Wildman–Crippen LogP) is 18.4. The summed E-state index contributed by atoms with van der Waals surface area (Å²) in [6.07, 6.45) is 56.6. The summed E-state index contributed by atoms with van der Waals surface area (Å²) in [6, 6.07) is 0. The molecule has 0 aliphatic rings. The molecular weight excluding hydrogens is 769 g/mol. The molecule has 0 saturated carbocycles. The van der Waals surface area contributed by atoms with E-state index < -0.39 is 6.10 Å². The first-order chi connectivity index (χ1) is 30.5. The minimum atomic E-state index is -0.760. The van der Waals surface area contributed by atoms with Gasteiger partial charge in [-0.2, -0.15) is 0 Å². The number of carbonyl (C=O) groups excluding carboxylic acids is 3. The summed E-state index contributed by atoms with van der Waals surface area (Å²) in [7, 11) is 0. The van der Waals surface area contributed by atoms with Gasteiger partial charge in [-0.15, -0.1) is 0 Å². The SMILES string of the molecule is CCCCCCCCCCCCCCCCCCCCC(=O)OCC(COC(=O)CCCCCCCCCCCCC)OC(=O)CCCCCCCCCCCCCCCCC. The van der Waals surface area contributed by atoms with E-state index in [2.05, 4.69) is 20.8 Å². The van der Waals surface area contributed by atoms with Gasteiger partial charge in [0.05, 0.1) is 0 Å². The van der Waals surface area contributed by atoms with Crippen LogP contribution in [0.1, 0.15) is 323 Å². The zero-order valence-corrected chi connectivity index (χ0v) is 42.2. The zero-order chi connectivity index (χ0) is 45.1. The second-order valence-electron chi connectivity index (χ2n) is 19.2. The summed E-state index contributed by atoms with van der Waals surface area (Å²) in [6.45, 7) is 6.69. The quantitative estimate of drug-likeness (QED) is 0.0344. The van der Waals surface area contributed by atoms with Crippen molar-refractivity contribution < 1.29 is 28.6 Å². The fraction of sp³-hybridized carbons (Fsp3) is 0.946. The number of carbonyl (C=O) groups is 3. The molecule has 0 fully saturated rings. The standard InChI is InChI=1S/C56H108O6/c1-4-7-10-13-16-19-22-24-26-27-28-30-31-34-37-40-43-46-49-55(58)61-52-53(51-60-54(57)48-45-42-39-36-33-21-18-15-12-9-6-3)62-56(59)50-47-44-41-38-35-32-29-25-23-20-17-14-11-8-5-2/h53H,4-52H2,1-3H3. The maximum Gasteiger partial charge on any atom is 0.306 e. The molecule has 0 amide bonds. The molecule has 0 aromatic carbocycles. The van der Waals surface area contributed by atoms with Crippen molar-refractivity contribution in [3.63, 3.8) is 0 Å². The molecule has 0 aromatic rings. The van der Waals surface area contributed by atoms with E-state index in [0.29, 0.717) is 19.3 Å². The van der Waals surface area contributed by atoms with Crippen molar-refractivity contribution in [3.05, 3.63) is 0 Å². The topological polar surface area (TPSA) is 78.9 Å². The van der Waals surface area contributed by atoms with Gasteiger partial charge in [-0.3, -0.25) is 14.4 Å². The molecule has 0 aliphatic carbocycles. The summed E-state index contributed by atoms with van der Waals surface area (Å²) >= 11 is 0. The van der Waals surface area contributed by atoms with Crippen LogP contribution in [0.5, 0.6) is 0 Å². The Bertz CT molecular complexity index is 920. The maximum absolute atomic E-state index is 12.8. The minimum absolute atomic E-state index is 0.0613. The Balaban J connectivity index is 4.25. The largest absolute Gasteiger partial charge is 0.462 e. The zero-order valence-electron chi connectivity index (χ0n) is 42.2. The molecule has 0 heterocycles. The highest BCUT2D eigenvalue weighted by atomic mass is 16.6. The van der Waals surface area contributed by atoms with Crippen molar-refractivity contribution >= 4 is 17.9 Å². The molecule has 62 heavy (non-hydrogen) atoms. The van der Waals surface area contributed by atoms with Crippen LogP contribution < -0.4 is 0 Å². The normalized spacial score (nSPS) is 11.9. The van der Waals surface area contributed by atoms with Gasteiger partial charge in [0.2, 0.25) is 0 Å². The van der Waals surface area contributed by atoms with Gasteiger partial charge in [-0.1, -0.05) is 284 Å². The predicted molar refractivity (Wildman–Crippen MR) is 266 cm³/mol. The first-order valence-corrected chi connectivity index (χ1v) is 28.0. The molecule has 0 saturated heterocycles. The van der Waals surface area contributed by atoms with Gasteiger partial charge in [-0.05, 0) is 19.3 Å². The molecule has 0 aromatic heterocycles. The first-order valence-electron chi connectivity index (χ1n) is 28.0. The van der Waals surface area contributed by atoms with E-state index in [0.717, 1.165) is 57.8 Å². The molecule has 6 heteroatoms. The lowest BCUT2D eigenvalue weighted by Gasteiger charge is -2.18. The Labute approximate surface area is 387 Å². The minimum Gasteiger partial charge on any atom is -0.462 e. The molecule has 1 atom stereocenters. The summed E-state index contributed by atoms with van der Waals surface area (Å²) in [5.74, 6) is -0.836. The second kappa shape index (κ2) is 52.0. The van der Waals surface area contributed by atoms with Gasteiger partial charge in [0.1, 0.15) is 13.2 Å². The fourth-order valence-electron chi connectivity index (χ4n) is 8.62. The van der Waals surface area contributed by atoms with Gasteiger partial charge in [-0.25, -0.2) is 0 Å². The number of esters is 3. The highest BCUT2D eigenvalue weighted by molar-refractivity contribution is 5.71. The van der Waals surface area contributed by atoms with Crippen LogP contribution in [-0.2, 0) is 28.6 Å². The van der Waals surface area contributed by atoms with E-state index in [1.165, 1.54) is 225 Å². The lowest BCUT2D eigenvalue weighted by Crippen LogP contribution is -2.30. The summed E-state index contributed by atoms with van der Waals surface area (Å²) in [5.41, 5.74) is 0.